The average Bonchev–Trinajstić information content (AvgIpc) is 2.90. The summed E-state index contributed by atoms with van der Waals surface area (Å²) in [6.45, 7) is 6.23. The molecule has 1 amide bonds. The monoisotopic (exact) mass is 463 g/mol. The lowest BCUT2D eigenvalue weighted by molar-refractivity contribution is -0.135. The minimum Gasteiger partial charge on any atom is -0.356 e. The van der Waals surface area contributed by atoms with E-state index in [-0.39, 0.29) is 11.9 Å². The molecule has 4 heteroatoms. The lowest BCUT2D eigenvalue weighted by Crippen LogP contribution is -2.45. The van der Waals surface area contributed by atoms with E-state index in [0.717, 1.165) is 60.4 Å². The molecular weight excluding hydrogens is 430 g/mol. The van der Waals surface area contributed by atoms with E-state index in [1.165, 1.54) is 5.56 Å². The number of nitrogens with one attached hydrogen (secondary N) is 2. The van der Waals surface area contributed by atoms with Crippen molar-refractivity contribution in [2.45, 2.75) is 31.8 Å². The number of hydrogen-bond donors (Lipinski definition) is 2. The van der Waals surface area contributed by atoms with Crippen molar-refractivity contribution in [1.29, 1.82) is 0 Å². The van der Waals surface area contributed by atoms with E-state index in [1.54, 1.807) is 0 Å². The summed E-state index contributed by atoms with van der Waals surface area (Å²) in [5, 5.41) is 6.86. The molecule has 4 nitrogen and oxygen atoms in total. The smallest absolute Gasteiger partial charge is 0.244 e. The van der Waals surface area contributed by atoms with Gasteiger partial charge in [-0.1, -0.05) is 79.4 Å². The third kappa shape index (κ3) is 5.72. The highest BCUT2D eigenvalue weighted by Gasteiger charge is 2.29. The molecule has 2 N–H and O–H groups in total. The number of nitrogens with zero attached hydrogens (tertiary/aromatic N) is 1. The summed E-state index contributed by atoms with van der Waals surface area (Å²) in [5.41, 5.74) is 6.65. The highest BCUT2D eigenvalue weighted by molar-refractivity contribution is 5.83. The van der Waals surface area contributed by atoms with Crippen molar-refractivity contribution >= 4 is 17.7 Å². The van der Waals surface area contributed by atoms with Gasteiger partial charge in [-0.25, -0.2) is 0 Å². The van der Waals surface area contributed by atoms with Crippen LogP contribution in [-0.4, -0.2) is 23.9 Å². The molecule has 0 saturated carbocycles. The highest BCUT2D eigenvalue weighted by atomic mass is 16.2. The molecule has 1 atom stereocenters. The molecule has 3 aromatic rings. The van der Waals surface area contributed by atoms with E-state index in [4.69, 9.17) is 0 Å². The van der Waals surface area contributed by atoms with Crippen LogP contribution in [0.5, 0.6) is 0 Å². The zero-order chi connectivity index (χ0) is 24.0. The Morgan fingerprint density at radius 2 is 1.66 bits per heavy atom. The van der Waals surface area contributed by atoms with Crippen LogP contribution in [0.25, 0.3) is 6.08 Å². The van der Waals surface area contributed by atoms with Crippen LogP contribution in [0.1, 0.15) is 41.1 Å². The second kappa shape index (κ2) is 10.7. The summed E-state index contributed by atoms with van der Waals surface area (Å²) in [7, 11) is 0. The van der Waals surface area contributed by atoms with Gasteiger partial charge in [-0.05, 0) is 65.6 Å². The van der Waals surface area contributed by atoms with E-state index in [9.17, 15) is 4.79 Å². The number of carbonyl (C=O) groups excluding carboxylic acids is 1. The zero-order valence-electron chi connectivity index (χ0n) is 20.1. The van der Waals surface area contributed by atoms with Crippen LogP contribution in [0.4, 0.5) is 5.69 Å². The Hall–Kier alpha value is -3.63. The number of benzene rings is 3. The summed E-state index contributed by atoms with van der Waals surface area (Å²) in [6.07, 6.45) is 7.27. The Bertz CT molecular complexity index is 1190. The number of amides is 1. The number of carbonyl (C=O) groups is 1. The predicted octanol–water partition coefficient (Wildman–Crippen LogP) is 5.95. The number of hydrogen-bond acceptors (Lipinski definition) is 3. The van der Waals surface area contributed by atoms with Gasteiger partial charge in [0.05, 0.1) is 0 Å². The van der Waals surface area contributed by atoms with Crippen molar-refractivity contribution in [3.63, 3.8) is 0 Å². The van der Waals surface area contributed by atoms with Crippen molar-refractivity contribution < 1.29 is 4.79 Å². The Morgan fingerprint density at radius 3 is 2.40 bits per heavy atom. The van der Waals surface area contributed by atoms with E-state index < -0.39 is 0 Å². The van der Waals surface area contributed by atoms with Crippen molar-refractivity contribution in [1.82, 2.24) is 10.2 Å². The van der Waals surface area contributed by atoms with Gasteiger partial charge in [-0.2, -0.15) is 0 Å². The quantitative estimate of drug-likeness (QED) is 0.455. The molecule has 0 radical (unpaired) electrons. The standard InChI is InChI=1S/C31H33N3O/c1-23-12-14-28-21-26(13-15-29(28)33-23)22-32-30(27-10-6-3-7-11-27)31(35)34-18-16-25(17-19-34)20-24-8-4-2-5-9-24/h2-15,21,25,30,32-33H,1,16-20,22H2/t30-/m1/s1. The maximum atomic E-state index is 13.7. The molecule has 1 fully saturated rings. The largest absolute Gasteiger partial charge is 0.356 e. The Labute approximate surface area is 208 Å². The molecular formula is C31H33N3O. The number of likely N-dealkylation sites (tertiary alicyclic amines) is 1. The molecule has 0 bridgehead atoms. The first-order valence-corrected chi connectivity index (χ1v) is 12.5. The molecule has 5 rings (SSSR count). The summed E-state index contributed by atoms with van der Waals surface area (Å²) < 4.78 is 0. The van der Waals surface area contributed by atoms with Crippen molar-refractivity contribution in [2.75, 3.05) is 18.4 Å². The van der Waals surface area contributed by atoms with Crippen LogP contribution in [0, 0.1) is 5.92 Å². The maximum Gasteiger partial charge on any atom is 0.244 e. The van der Waals surface area contributed by atoms with Gasteiger partial charge in [0.25, 0.3) is 0 Å². The Balaban J connectivity index is 1.24. The van der Waals surface area contributed by atoms with Crippen LogP contribution in [0.2, 0.25) is 0 Å². The molecule has 2 heterocycles. The van der Waals surface area contributed by atoms with Gasteiger partial charge in [-0.3, -0.25) is 10.1 Å². The molecule has 1 saturated heterocycles. The summed E-state index contributed by atoms with van der Waals surface area (Å²) in [6, 6.07) is 26.8. The third-order valence-electron chi connectivity index (χ3n) is 7.06. The van der Waals surface area contributed by atoms with E-state index >= 15 is 0 Å². The van der Waals surface area contributed by atoms with Crippen molar-refractivity contribution in [3.8, 4) is 0 Å². The molecule has 35 heavy (non-hydrogen) atoms. The second-order valence-electron chi connectivity index (χ2n) is 9.59. The lowest BCUT2D eigenvalue weighted by atomic mass is 9.89. The SMILES string of the molecule is C=C1C=Cc2cc(CN[C@@H](C(=O)N3CCC(Cc4ccccc4)CC3)c3ccccc3)ccc2N1. The Kier molecular flexibility index (Phi) is 7.10. The van der Waals surface area contributed by atoms with Crippen LogP contribution in [-0.2, 0) is 17.8 Å². The van der Waals surface area contributed by atoms with Crippen LogP contribution in [0.3, 0.4) is 0 Å². The second-order valence-corrected chi connectivity index (χ2v) is 9.59. The third-order valence-corrected chi connectivity index (χ3v) is 7.06. The van der Waals surface area contributed by atoms with E-state index in [1.807, 2.05) is 36.4 Å². The summed E-state index contributed by atoms with van der Waals surface area (Å²) in [5.74, 6) is 0.808. The summed E-state index contributed by atoms with van der Waals surface area (Å²) >= 11 is 0. The fourth-order valence-corrected chi connectivity index (χ4v) is 5.08. The zero-order valence-corrected chi connectivity index (χ0v) is 20.1. The molecule has 2 aliphatic heterocycles. The van der Waals surface area contributed by atoms with Crippen molar-refractivity contribution in [3.05, 3.63) is 119 Å². The normalized spacial score (nSPS) is 16.5. The topological polar surface area (TPSA) is 44.4 Å². The average molecular weight is 464 g/mol. The fourth-order valence-electron chi connectivity index (χ4n) is 5.08. The van der Waals surface area contributed by atoms with Crippen LogP contribution < -0.4 is 10.6 Å². The van der Waals surface area contributed by atoms with Gasteiger partial charge in [0.2, 0.25) is 5.91 Å². The van der Waals surface area contributed by atoms with Gasteiger partial charge in [0.15, 0.2) is 0 Å². The fraction of sp³-hybridized carbons (Fsp3) is 0.258. The molecule has 2 aliphatic rings. The Morgan fingerprint density at radius 1 is 0.943 bits per heavy atom. The number of piperidine rings is 1. The minimum atomic E-state index is -0.355. The first kappa shape index (κ1) is 23.1. The predicted molar refractivity (Wildman–Crippen MR) is 144 cm³/mol. The first-order valence-electron chi connectivity index (χ1n) is 12.5. The van der Waals surface area contributed by atoms with Gasteiger partial charge in [-0.15, -0.1) is 0 Å². The lowest BCUT2D eigenvalue weighted by Gasteiger charge is -2.35. The van der Waals surface area contributed by atoms with Crippen LogP contribution >= 0.6 is 0 Å². The number of anilines is 1. The molecule has 0 aliphatic carbocycles. The van der Waals surface area contributed by atoms with E-state index in [0.29, 0.717) is 12.5 Å². The first-order chi connectivity index (χ1) is 17.2. The van der Waals surface area contributed by atoms with Gasteiger partial charge < -0.3 is 10.2 Å². The van der Waals surface area contributed by atoms with Gasteiger partial charge in [0, 0.05) is 31.0 Å². The number of allylic oxidation sites excluding steroid dienone is 1. The number of fused-ring (bicyclic) bond motifs is 1. The molecule has 0 unspecified atom stereocenters. The maximum absolute atomic E-state index is 13.7. The van der Waals surface area contributed by atoms with E-state index in [2.05, 4.69) is 76.7 Å². The molecule has 3 aromatic carbocycles. The molecule has 0 aromatic heterocycles. The molecule has 0 spiro atoms. The van der Waals surface area contributed by atoms with Crippen LogP contribution in [0.15, 0.2) is 97.2 Å². The highest BCUT2D eigenvalue weighted by Crippen LogP contribution is 2.27. The van der Waals surface area contributed by atoms with Crippen molar-refractivity contribution in [2.24, 2.45) is 5.92 Å². The van der Waals surface area contributed by atoms with Gasteiger partial charge >= 0.3 is 0 Å². The number of rotatable bonds is 7. The van der Waals surface area contributed by atoms with Gasteiger partial charge in [0.1, 0.15) is 6.04 Å². The molecule has 178 valence electrons. The summed E-state index contributed by atoms with van der Waals surface area (Å²) in [4.78, 5) is 15.7. The minimum absolute atomic E-state index is 0.171.